The van der Waals surface area contributed by atoms with E-state index in [4.69, 9.17) is 0 Å². The van der Waals surface area contributed by atoms with Crippen LogP contribution in [-0.4, -0.2) is 0 Å². The Balaban J connectivity index is 2.07. The van der Waals surface area contributed by atoms with E-state index >= 15 is 0 Å². The standard InChI is InChI=1S/C18H28/c1-12-6-7-13-10-15-16(11-14(12)13)18(4,5)9-8-17(15,2)3/h10-14H,6-9H2,1-5H3. The van der Waals surface area contributed by atoms with Gasteiger partial charge in [-0.1, -0.05) is 46.8 Å². The van der Waals surface area contributed by atoms with Gasteiger partial charge in [0.15, 0.2) is 0 Å². The summed E-state index contributed by atoms with van der Waals surface area (Å²) in [4.78, 5) is 0. The van der Waals surface area contributed by atoms with Gasteiger partial charge in [-0.2, -0.15) is 0 Å². The Morgan fingerprint density at radius 1 is 0.889 bits per heavy atom. The average molecular weight is 244 g/mol. The summed E-state index contributed by atoms with van der Waals surface area (Å²) in [6, 6.07) is 0. The van der Waals surface area contributed by atoms with Gasteiger partial charge < -0.3 is 0 Å². The highest BCUT2D eigenvalue weighted by Crippen LogP contribution is 2.56. The lowest BCUT2D eigenvalue weighted by Gasteiger charge is -2.47. The van der Waals surface area contributed by atoms with Crippen LogP contribution in [0.15, 0.2) is 23.3 Å². The molecule has 0 nitrogen and oxygen atoms in total. The van der Waals surface area contributed by atoms with Gasteiger partial charge in [-0.3, -0.25) is 0 Å². The molecule has 3 aliphatic carbocycles. The SMILES string of the molecule is CC1CCC2C=C3C(=CC12)C(C)(C)CCC3(C)C. The van der Waals surface area contributed by atoms with Crippen LogP contribution in [0.3, 0.4) is 0 Å². The first-order valence-electron chi connectivity index (χ1n) is 7.76. The fourth-order valence-electron chi connectivity index (χ4n) is 4.41. The molecule has 2 saturated carbocycles. The van der Waals surface area contributed by atoms with Gasteiger partial charge in [-0.25, -0.2) is 0 Å². The number of allylic oxidation sites excluding steroid dienone is 4. The zero-order chi connectivity index (χ0) is 13.1. The van der Waals surface area contributed by atoms with E-state index in [-0.39, 0.29) is 0 Å². The molecule has 0 aromatic heterocycles. The highest BCUT2D eigenvalue weighted by atomic mass is 14.5. The fourth-order valence-corrected chi connectivity index (χ4v) is 4.41. The Labute approximate surface area is 113 Å². The normalized spacial score (nSPS) is 40.6. The van der Waals surface area contributed by atoms with Gasteiger partial charge in [0.1, 0.15) is 0 Å². The summed E-state index contributed by atoms with van der Waals surface area (Å²) in [6.45, 7) is 12.2. The van der Waals surface area contributed by atoms with Crippen molar-refractivity contribution in [3.8, 4) is 0 Å². The molecule has 0 N–H and O–H groups in total. The lowest BCUT2D eigenvalue weighted by Crippen LogP contribution is -2.35. The molecule has 0 aromatic rings. The Bertz CT molecular complexity index is 419. The second kappa shape index (κ2) is 3.74. The molecule has 0 aliphatic heterocycles. The van der Waals surface area contributed by atoms with Crippen molar-refractivity contribution in [2.24, 2.45) is 28.6 Å². The summed E-state index contributed by atoms with van der Waals surface area (Å²) in [5.74, 6) is 2.56. The lowest BCUT2D eigenvalue weighted by molar-refractivity contribution is 0.248. The van der Waals surface area contributed by atoms with Crippen molar-refractivity contribution in [3.63, 3.8) is 0 Å². The molecule has 0 heteroatoms. The van der Waals surface area contributed by atoms with Crippen LogP contribution in [0.5, 0.6) is 0 Å². The molecule has 3 atom stereocenters. The molecule has 0 spiro atoms. The largest absolute Gasteiger partial charge is 0.0768 e. The molecule has 0 radical (unpaired) electrons. The first kappa shape index (κ1) is 12.5. The van der Waals surface area contributed by atoms with Crippen LogP contribution in [-0.2, 0) is 0 Å². The van der Waals surface area contributed by atoms with Crippen molar-refractivity contribution < 1.29 is 0 Å². The van der Waals surface area contributed by atoms with Crippen molar-refractivity contribution in [3.05, 3.63) is 23.3 Å². The Kier molecular flexibility index (Phi) is 2.60. The molecular weight excluding hydrogens is 216 g/mol. The fraction of sp³-hybridized carbons (Fsp3) is 0.778. The van der Waals surface area contributed by atoms with E-state index in [9.17, 15) is 0 Å². The van der Waals surface area contributed by atoms with Crippen LogP contribution in [0, 0.1) is 28.6 Å². The van der Waals surface area contributed by atoms with Gasteiger partial charge in [0.05, 0.1) is 0 Å². The lowest BCUT2D eigenvalue weighted by atomic mass is 9.57. The average Bonchev–Trinajstić information content (AvgIpc) is 2.66. The number of hydrogen-bond donors (Lipinski definition) is 0. The topological polar surface area (TPSA) is 0 Å². The summed E-state index contributed by atoms with van der Waals surface area (Å²) >= 11 is 0. The van der Waals surface area contributed by atoms with Gasteiger partial charge in [-0.15, -0.1) is 0 Å². The molecule has 0 heterocycles. The minimum absolute atomic E-state index is 0.397. The van der Waals surface area contributed by atoms with E-state index in [2.05, 4.69) is 46.8 Å². The van der Waals surface area contributed by atoms with E-state index < -0.39 is 0 Å². The van der Waals surface area contributed by atoms with Gasteiger partial charge in [0, 0.05) is 0 Å². The Hall–Kier alpha value is -0.520. The third-order valence-corrected chi connectivity index (χ3v) is 5.97. The third-order valence-electron chi connectivity index (χ3n) is 5.97. The van der Waals surface area contributed by atoms with Crippen LogP contribution in [0.25, 0.3) is 0 Å². The summed E-state index contributed by atoms with van der Waals surface area (Å²) in [6.07, 6.45) is 10.9. The molecule has 2 fully saturated rings. The molecule has 3 rings (SSSR count). The summed E-state index contributed by atoms with van der Waals surface area (Å²) in [5.41, 5.74) is 4.18. The zero-order valence-electron chi connectivity index (χ0n) is 12.7. The van der Waals surface area contributed by atoms with E-state index in [0.717, 1.165) is 17.8 Å². The molecule has 0 amide bonds. The minimum atomic E-state index is 0.397. The molecular formula is C18H28. The minimum Gasteiger partial charge on any atom is -0.0768 e. The maximum Gasteiger partial charge on any atom is -0.0103 e. The molecule has 3 unspecified atom stereocenters. The third kappa shape index (κ3) is 1.72. The van der Waals surface area contributed by atoms with Crippen LogP contribution < -0.4 is 0 Å². The Morgan fingerprint density at radius 2 is 1.44 bits per heavy atom. The summed E-state index contributed by atoms with van der Waals surface area (Å²) in [7, 11) is 0. The molecule has 3 aliphatic rings. The van der Waals surface area contributed by atoms with Crippen molar-refractivity contribution >= 4 is 0 Å². The maximum absolute atomic E-state index is 2.68. The van der Waals surface area contributed by atoms with Gasteiger partial charge in [0.25, 0.3) is 0 Å². The quantitative estimate of drug-likeness (QED) is 0.538. The zero-order valence-corrected chi connectivity index (χ0v) is 12.7. The van der Waals surface area contributed by atoms with Crippen molar-refractivity contribution in [2.45, 2.75) is 60.3 Å². The first-order chi connectivity index (χ1) is 8.31. The van der Waals surface area contributed by atoms with Gasteiger partial charge >= 0.3 is 0 Å². The first-order valence-corrected chi connectivity index (χ1v) is 7.76. The highest BCUT2D eigenvalue weighted by molar-refractivity contribution is 5.46. The molecule has 100 valence electrons. The molecule has 18 heavy (non-hydrogen) atoms. The van der Waals surface area contributed by atoms with Crippen LogP contribution in [0.4, 0.5) is 0 Å². The van der Waals surface area contributed by atoms with E-state index in [1.807, 2.05) is 0 Å². The van der Waals surface area contributed by atoms with Crippen LogP contribution in [0.2, 0.25) is 0 Å². The van der Waals surface area contributed by atoms with E-state index in [1.165, 1.54) is 25.7 Å². The second-order valence-corrected chi connectivity index (χ2v) is 8.22. The number of hydrogen-bond acceptors (Lipinski definition) is 0. The molecule has 0 aromatic carbocycles. The second-order valence-electron chi connectivity index (χ2n) is 8.22. The highest BCUT2D eigenvalue weighted by Gasteiger charge is 2.44. The smallest absolute Gasteiger partial charge is 0.0103 e. The molecule has 0 bridgehead atoms. The predicted molar refractivity (Wildman–Crippen MR) is 78.3 cm³/mol. The monoisotopic (exact) mass is 244 g/mol. The van der Waals surface area contributed by atoms with Crippen molar-refractivity contribution in [1.29, 1.82) is 0 Å². The molecule has 0 saturated heterocycles. The number of fused-ring (bicyclic) bond motifs is 2. The van der Waals surface area contributed by atoms with Crippen molar-refractivity contribution in [2.75, 3.05) is 0 Å². The summed E-state index contributed by atoms with van der Waals surface area (Å²) < 4.78 is 0. The predicted octanol–water partition coefficient (Wildman–Crippen LogP) is 5.36. The van der Waals surface area contributed by atoms with Crippen molar-refractivity contribution in [1.82, 2.24) is 0 Å². The van der Waals surface area contributed by atoms with Gasteiger partial charge in [-0.05, 0) is 65.4 Å². The van der Waals surface area contributed by atoms with Crippen LogP contribution in [0.1, 0.15) is 60.3 Å². The van der Waals surface area contributed by atoms with E-state index in [1.54, 1.807) is 11.1 Å². The van der Waals surface area contributed by atoms with Gasteiger partial charge in [0.2, 0.25) is 0 Å². The number of rotatable bonds is 0. The summed E-state index contributed by atoms with van der Waals surface area (Å²) in [5, 5.41) is 0. The maximum atomic E-state index is 2.68. The van der Waals surface area contributed by atoms with E-state index in [0.29, 0.717) is 10.8 Å². The Morgan fingerprint density at radius 3 is 2.06 bits per heavy atom. The van der Waals surface area contributed by atoms with Crippen LogP contribution >= 0.6 is 0 Å².